The average Bonchev–Trinajstić information content (AvgIpc) is 2.65. The summed E-state index contributed by atoms with van der Waals surface area (Å²) in [6.07, 6.45) is -0.387. The van der Waals surface area contributed by atoms with E-state index in [9.17, 15) is 4.79 Å². The summed E-state index contributed by atoms with van der Waals surface area (Å²) >= 11 is 0. The maximum Gasteiger partial charge on any atom is 0.250 e. The van der Waals surface area contributed by atoms with Gasteiger partial charge in [0.25, 0.3) is 5.91 Å². The number of benzene rings is 1. The number of nitrogens with zero attached hydrogens (tertiary/aromatic N) is 1. The molecule has 1 aromatic carbocycles. The van der Waals surface area contributed by atoms with E-state index >= 15 is 0 Å². The number of carbonyl (C=O) groups is 1. The molecule has 6 nitrogen and oxygen atoms in total. The summed E-state index contributed by atoms with van der Waals surface area (Å²) in [6.45, 7) is 7.90. The molecule has 2 heterocycles. The second-order valence-corrected chi connectivity index (χ2v) is 6.38. The third kappa shape index (κ3) is 6.37. The van der Waals surface area contributed by atoms with E-state index in [-0.39, 0.29) is 42.9 Å². The Labute approximate surface area is 167 Å². The van der Waals surface area contributed by atoms with Crippen LogP contribution in [0.15, 0.2) is 24.3 Å². The molecule has 2 unspecified atom stereocenters. The highest BCUT2D eigenvalue weighted by Crippen LogP contribution is 2.22. The molecule has 0 bridgehead atoms. The van der Waals surface area contributed by atoms with Crippen molar-refractivity contribution >= 4 is 30.7 Å². The number of amides is 1. The lowest BCUT2D eigenvalue weighted by Gasteiger charge is -2.35. The van der Waals surface area contributed by atoms with Gasteiger partial charge in [-0.3, -0.25) is 9.69 Å². The average molecular weight is 406 g/mol. The molecule has 3 rings (SSSR count). The lowest BCUT2D eigenvalue weighted by Crippen LogP contribution is -2.50. The Morgan fingerprint density at radius 2 is 1.92 bits per heavy atom. The lowest BCUT2D eigenvalue weighted by atomic mass is 10.0. The number of carbonyl (C=O) groups excluding carboxylic acids is 1. The van der Waals surface area contributed by atoms with Crippen molar-refractivity contribution in [1.29, 1.82) is 0 Å². The number of nitrogens with one attached hydrogen (secondary N) is 2. The minimum atomic E-state index is -0.387. The van der Waals surface area contributed by atoms with Crippen LogP contribution in [0.5, 0.6) is 0 Å². The van der Waals surface area contributed by atoms with Crippen molar-refractivity contribution < 1.29 is 14.3 Å². The van der Waals surface area contributed by atoms with Gasteiger partial charge in [-0.05, 0) is 12.5 Å². The van der Waals surface area contributed by atoms with Crippen LogP contribution < -0.4 is 10.6 Å². The van der Waals surface area contributed by atoms with E-state index in [1.165, 1.54) is 11.1 Å². The van der Waals surface area contributed by atoms with Crippen molar-refractivity contribution in [2.24, 2.45) is 0 Å². The third-order valence-electron chi connectivity index (χ3n) is 4.64. The minimum Gasteiger partial charge on any atom is -0.379 e. The van der Waals surface area contributed by atoms with Gasteiger partial charge < -0.3 is 20.1 Å². The van der Waals surface area contributed by atoms with Gasteiger partial charge in [0, 0.05) is 32.7 Å². The Bertz CT molecular complexity index is 533. The molecule has 0 saturated carbocycles. The minimum absolute atomic E-state index is 0. The zero-order valence-electron chi connectivity index (χ0n) is 15.1. The molecule has 0 aromatic heterocycles. The second kappa shape index (κ2) is 11.7. The topological polar surface area (TPSA) is 62.8 Å². The summed E-state index contributed by atoms with van der Waals surface area (Å²) in [7, 11) is 0. The van der Waals surface area contributed by atoms with E-state index in [0.29, 0.717) is 19.7 Å². The maximum atomic E-state index is 12.4. The fraction of sp³-hybridized carbons (Fsp3) is 0.611. The quantitative estimate of drug-likeness (QED) is 0.773. The molecule has 2 saturated heterocycles. The molecule has 2 aliphatic heterocycles. The zero-order chi connectivity index (χ0) is 16.8. The van der Waals surface area contributed by atoms with Gasteiger partial charge in [0.15, 0.2) is 0 Å². The Kier molecular flexibility index (Phi) is 10.5. The number of ether oxygens (including phenoxy) is 2. The van der Waals surface area contributed by atoms with Crippen molar-refractivity contribution in [3.05, 3.63) is 35.4 Å². The van der Waals surface area contributed by atoms with Gasteiger partial charge in [0.05, 0.1) is 25.9 Å². The predicted molar refractivity (Wildman–Crippen MR) is 106 cm³/mol. The van der Waals surface area contributed by atoms with E-state index < -0.39 is 0 Å². The largest absolute Gasteiger partial charge is 0.379 e. The first-order chi connectivity index (χ1) is 11.7. The molecule has 2 atom stereocenters. The van der Waals surface area contributed by atoms with E-state index in [2.05, 4.69) is 46.7 Å². The molecule has 2 N–H and O–H groups in total. The molecule has 2 aliphatic rings. The summed E-state index contributed by atoms with van der Waals surface area (Å²) in [4.78, 5) is 14.7. The van der Waals surface area contributed by atoms with Crippen molar-refractivity contribution in [2.45, 2.75) is 19.1 Å². The number of halogens is 2. The first-order valence-electron chi connectivity index (χ1n) is 8.72. The Morgan fingerprint density at radius 3 is 2.54 bits per heavy atom. The monoisotopic (exact) mass is 405 g/mol. The number of morpholine rings is 2. The van der Waals surface area contributed by atoms with Crippen LogP contribution in [0, 0.1) is 6.92 Å². The molecular weight excluding hydrogens is 377 g/mol. The molecular formula is C18H29Cl2N3O3. The van der Waals surface area contributed by atoms with Gasteiger partial charge in [-0.1, -0.05) is 29.8 Å². The number of hydrogen-bond acceptors (Lipinski definition) is 5. The standard InChI is InChI=1S/C18H27N3O3.2ClH/c1-14-2-4-15(5-3-14)16(21-7-10-23-11-8-21)12-20-18(22)17-13-19-6-9-24-17;;/h2-5,16-17,19H,6-13H2,1H3,(H,20,22);2*1H. The summed E-state index contributed by atoms with van der Waals surface area (Å²) in [6, 6.07) is 8.72. The maximum absolute atomic E-state index is 12.4. The molecule has 148 valence electrons. The van der Waals surface area contributed by atoms with Crippen LogP contribution >= 0.6 is 24.8 Å². The Morgan fingerprint density at radius 1 is 1.23 bits per heavy atom. The fourth-order valence-corrected chi connectivity index (χ4v) is 3.18. The van der Waals surface area contributed by atoms with Crippen LogP contribution in [0.4, 0.5) is 0 Å². The highest BCUT2D eigenvalue weighted by Gasteiger charge is 2.26. The van der Waals surface area contributed by atoms with E-state index in [1.54, 1.807) is 0 Å². The van der Waals surface area contributed by atoms with Gasteiger partial charge in [-0.25, -0.2) is 0 Å². The molecule has 0 spiro atoms. The van der Waals surface area contributed by atoms with Crippen LogP contribution in [0.2, 0.25) is 0 Å². The van der Waals surface area contributed by atoms with Crippen molar-refractivity contribution in [3.8, 4) is 0 Å². The normalized spacial score (nSPS) is 21.8. The Hall–Kier alpha value is -0.890. The summed E-state index contributed by atoms with van der Waals surface area (Å²) in [5, 5.41) is 6.27. The van der Waals surface area contributed by atoms with Crippen LogP contribution in [0.1, 0.15) is 17.2 Å². The van der Waals surface area contributed by atoms with Crippen LogP contribution in [0.25, 0.3) is 0 Å². The first kappa shape index (κ1) is 23.1. The lowest BCUT2D eigenvalue weighted by molar-refractivity contribution is -0.134. The van der Waals surface area contributed by atoms with E-state index in [0.717, 1.165) is 32.8 Å². The van der Waals surface area contributed by atoms with Crippen LogP contribution in [-0.4, -0.2) is 69.5 Å². The summed E-state index contributed by atoms with van der Waals surface area (Å²) in [5.74, 6) is -0.0347. The Balaban J connectivity index is 0.00000169. The van der Waals surface area contributed by atoms with Crippen molar-refractivity contribution in [3.63, 3.8) is 0 Å². The smallest absolute Gasteiger partial charge is 0.250 e. The van der Waals surface area contributed by atoms with Gasteiger partial charge in [0.2, 0.25) is 0 Å². The van der Waals surface area contributed by atoms with Gasteiger partial charge in [-0.15, -0.1) is 24.8 Å². The molecule has 0 aliphatic carbocycles. The van der Waals surface area contributed by atoms with Gasteiger partial charge >= 0.3 is 0 Å². The molecule has 8 heteroatoms. The third-order valence-corrected chi connectivity index (χ3v) is 4.64. The summed E-state index contributed by atoms with van der Waals surface area (Å²) < 4.78 is 11.0. The summed E-state index contributed by atoms with van der Waals surface area (Å²) in [5.41, 5.74) is 2.47. The number of aryl methyl sites for hydroxylation is 1. The molecule has 26 heavy (non-hydrogen) atoms. The predicted octanol–water partition coefficient (Wildman–Crippen LogP) is 1.32. The van der Waals surface area contributed by atoms with Crippen LogP contribution in [-0.2, 0) is 14.3 Å². The fourth-order valence-electron chi connectivity index (χ4n) is 3.18. The second-order valence-electron chi connectivity index (χ2n) is 6.38. The van der Waals surface area contributed by atoms with Crippen molar-refractivity contribution in [1.82, 2.24) is 15.5 Å². The molecule has 1 aromatic rings. The molecule has 0 radical (unpaired) electrons. The van der Waals surface area contributed by atoms with Gasteiger partial charge in [-0.2, -0.15) is 0 Å². The highest BCUT2D eigenvalue weighted by atomic mass is 35.5. The van der Waals surface area contributed by atoms with E-state index in [4.69, 9.17) is 9.47 Å². The van der Waals surface area contributed by atoms with Gasteiger partial charge in [0.1, 0.15) is 6.10 Å². The highest BCUT2D eigenvalue weighted by molar-refractivity contribution is 5.85. The van der Waals surface area contributed by atoms with E-state index in [1.807, 2.05) is 0 Å². The number of hydrogen-bond donors (Lipinski definition) is 2. The first-order valence-corrected chi connectivity index (χ1v) is 8.72. The van der Waals surface area contributed by atoms with Crippen molar-refractivity contribution in [2.75, 3.05) is 52.5 Å². The number of rotatable bonds is 5. The van der Waals surface area contributed by atoms with Crippen LogP contribution in [0.3, 0.4) is 0 Å². The SMILES string of the molecule is Cc1ccc(C(CNC(=O)C2CNCCO2)N2CCOCC2)cc1.Cl.Cl. The zero-order valence-corrected chi connectivity index (χ0v) is 16.7. The molecule has 1 amide bonds. The molecule has 2 fully saturated rings.